The summed E-state index contributed by atoms with van der Waals surface area (Å²) < 4.78 is 7.66. The summed E-state index contributed by atoms with van der Waals surface area (Å²) in [6, 6.07) is 65.3. The van der Waals surface area contributed by atoms with Gasteiger partial charge in [0, 0.05) is 73.9 Å². The quantitative estimate of drug-likeness (QED) is 0.170. The van der Waals surface area contributed by atoms with E-state index in [0.29, 0.717) is 0 Å². The largest absolute Gasteiger partial charge is 0.310 e. The predicted octanol–water partition coefficient (Wildman–Crippen LogP) is 16.0. The van der Waals surface area contributed by atoms with Crippen molar-refractivity contribution in [3.8, 4) is 16.8 Å². The Morgan fingerprint density at radius 1 is 0.393 bits per heavy atom. The van der Waals surface area contributed by atoms with Crippen molar-refractivity contribution < 1.29 is 0 Å². The molecule has 0 spiro atoms. The molecule has 11 rings (SSSR count). The lowest BCUT2D eigenvalue weighted by Crippen LogP contribution is -2.10. The molecule has 0 saturated heterocycles. The Morgan fingerprint density at radius 2 is 0.929 bits per heavy atom. The molecule has 0 radical (unpaired) electrons. The molecule has 0 amide bonds. The molecule has 0 aliphatic heterocycles. The molecule has 0 atom stereocenters. The molecule has 0 fully saturated rings. The molecule has 0 bridgehead atoms. The highest BCUT2D eigenvalue weighted by Crippen LogP contribution is 2.44. The van der Waals surface area contributed by atoms with Crippen LogP contribution >= 0.6 is 22.7 Å². The van der Waals surface area contributed by atoms with Crippen LogP contribution in [0.25, 0.3) is 79.0 Å². The zero-order valence-electron chi connectivity index (χ0n) is 31.5. The van der Waals surface area contributed by atoms with Crippen LogP contribution in [0.1, 0.15) is 26.3 Å². The number of rotatable bonds is 5. The van der Waals surface area contributed by atoms with Crippen molar-refractivity contribution >= 4 is 102 Å². The highest BCUT2D eigenvalue weighted by molar-refractivity contribution is 7.26. The van der Waals surface area contributed by atoms with Crippen LogP contribution in [0.3, 0.4) is 0 Å². The van der Waals surface area contributed by atoms with Crippen molar-refractivity contribution in [3.05, 3.63) is 181 Å². The molecular weight excluding hydrogens is 717 g/mol. The Balaban J connectivity index is 1.11. The van der Waals surface area contributed by atoms with Gasteiger partial charge in [0.05, 0.1) is 11.0 Å². The van der Waals surface area contributed by atoms with E-state index in [0.717, 1.165) is 17.1 Å². The fourth-order valence-electron chi connectivity index (χ4n) is 8.50. The van der Waals surface area contributed by atoms with E-state index in [1.807, 2.05) is 22.7 Å². The molecule has 3 heterocycles. The first-order valence-corrected chi connectivity index (χ1v) is 20.9. The number of thiophene rings is 2. The summed E-state index contributed by atoms with van der Waals surface area (Å²) in [5.41, 5.74) is 10.8. The zero-order valence-corrected chi connectivity index (χ0v) is 33.1. The Hall–Kier alpha value is -6.20. The fraction of sp³-hybridized carbons (Fsp3) is 0.0769. The van der Waals surface area contributed by atoms with E-state index >= 15 is 0 Å². The maximum absolute atomic E-state index is 2.44. The second-order valence-electron chi connectivity index (χ2n) is 15.8. The van der Waals surface area contributed by atoms with Crippen LogP contribution in [-0.4, -0.2) is 4.57 Å². The molecule has 56 heavy (non-hydrogen) atoms. The Bertz CT molecular complexity index is 3190. The van der Waals surface area contributed by atoms with Crippen LogP contribution < -0.4 is 4.90 Å². The first-order valence-electron chi connectivity index (χ1n) is 19.2. The monoisotopic (exact) mass is 754 g/mol. The van der Waals surface area contributed by atoms with Crippen LogP contribution in [0.5, 0.6) is 0 Å². The number of benzene rings is 8. The zero-order chi connectivity index (χ0) is 37.5. The normalized spacial score (nSPS) is 12.2. The van der Waals surface area contributed by atoms with Crippen LogP contribution in [0.4, 0.5) is 17.1 Å². The maximum Gasteiger partial charge on any atom is 0.0541 e. The molecule has 3 aromatic heterocycles. The number of hydrogen-bond acceptors (Lipinski definition) is 3. The number of hydrogen-bond donors (Lipinski definition) is 0. The molecule has 0 aliphatic carbocycles. The van der Waals surface area contributed by atoms with Crippen molar-refractivity contribution in [1.82, 2.24) is 4.57 Å². The van der Waals surface area contributed by atoms with Gasteiger partial charge >= 0.3 is 0 Å². The van der Waals surface area contributed by atoms with E-state index in [9.17, 15) is 0 Å². The lowest BCUT2D eigenvalue weighted by molar-refractivity contribution is 0.591. The molecule has 0 unspecified atom stereocenters. The molecule has 11 aromatic rings. The van der Waals surface area contributed by atoms with Crippen LogP contribution in [0.2, 0.25) is 0 Å². The summed E-state index contributed by atoms with van der Waals surface area (Å²) >= 11 is 3.73. The van der Waals surface area contributed by atoms with Gasteiger partial charge in [0.2, 0.25) is 0 Å². The number of fused-ring (bicyclic) bond motifs is 9. The first kappa shape index (κ1) is 33.2. The van der Waals surface area contributed by atoms with Gasteiger partial charge in [-0.25, -0.2) is 0 Å². The fourth-order valence-corrected chi connectivity index (χ4v) is 10.7. The van der Waals surface area contributed by atoms with Crippen molar-refractivity contribution in [1.29, 1.82) is 0 Å². The summed E-state index contributed by atoms with van der Waals surface area (Å²) in [5, 5.41) is 7.74. The van der Waals surface area contributed by atoms with E-state index in [1.54, 1.807) is 0 Å². The summed E-state index contributed by atoms with van der Waals surface area (Å²) in [6.07, 6.45) is 0. The number of anilines is 3. The highest BCUT2D eigenvalue weighted by Gasteiger charge is 2.20. The van der Waals surface area contributed by atoms with E-state index in [4.69, 9.17) is 0 Å². The minimum atomic E-state index is 0.0431. The standard InChI is InChI=1S/C52H38N2S2/c1-52(2,3)35-21-25-47-43(30-35)42-29-34(20-24-46(42)54(47)36-13-5-4-6-14-36)33-12-11-15-37(28-33)53(38-22-26-50-44(31-38)40-16-7-9-18-48(40)55-50)39-23-27-51-45(32-39)41-17-8-10-19-49(41)56-51/h4-32H,1-3H3. The third kappa shape index (κ3) is 5.36. The smallest absolute Gasteiger partial charge is 0.0541 e. The second kappa shape index (κ2) is 12.7. The Labute approximate surface area is 334 Å². The van der Waals surface area contributed by atoms with E-state index in [-0.39, 0.29) is 5.41 Å². The summed E-state index contributed by atoms with van der Waals surface area (Å²) in [6.45, 7) is 6.89. The predicted molar refractivity (Wildman–Crippen MR) is 245 cm³/mol. The maximum atomic E-state index is 2.44. The molecule has 0 aliphatic rings. The first-order chi connectivity index (χ1) is 27.4. The molecule has 4 heteroatoms. The van der Waals surface area contributed by atoms with Crippen molar-refractivity contribution in [2.45, 2.75) is 26.2 Å². The average Bonchev–Trinajstić information content (AvgIpc) is 3.90. The van der Waals surface area contributed by atoms with Gasteiger partial charge < -0.3 is 9.47 Å². The summed E-state index contributed by atoms with van der Waals surface area (Å²) in [7, 11) is 0. The molecule has 2 nitrogen and oxygen atoms in total. The number of para-hydroxylation sites is 1. The SMILES string of the molecule is CC(C)(C)c1ccc2c(c1)c1cc(-c3cccc(N(c4ccc5sc6ccccc6c5c4)c4ccc5sc6ccccc6c5c4)c3)ccc1n2-c1ccccc1. The summed E-state index contributed by atoms with van der Waals surface area (Å²) in [5.74, 6) is 0. The van der Waals surface area contributed by atoms with Gasteiger partial charge in [0.25, 0.3) is 0 Å². The van der Waals surface area contributed by atoms with E-state index in [2.05, 4.69) is 206 Å². The summed E-state index contributed by atoms with van der Waals surface area (Å²) in [4.78, 5) is 2.44. The van der Waals surface area contributed by atoms with E-state index < -0.39 is 0 Å². The van der Waals surface area contributed by atoms with Gasteiger partial charge in [-0.15, -0.1) is 22.7 Å². The van der Waals surface area contributed by atoms with Gasteiger partial charge in [-0.05, 0) is 119 Å². The average molecular weight is 755 g/mol. The number of aromatic nitrogens is 1. The lowest BCUT2D eigenvalue weighted by Gasteiger charge is -2.26. The molecular formula is C52H38N2S2. The minimum Gasteiger partial charge on any atom is -0.310 e. The third-order valence-electron chi connectivity index (χ3n) is 11.3. The minimum absolute atomic E-state index is 0.0431. The van der Waals surface area contributed by atoms with Gasteiger partial charge in [-0.2, -0.15) is 0 Å². The van der Waals surface area contributed by atoms with Crippen LogP contribution in [0, 0.1) is 0 Å². The molecule has 268 valence electrons. The van der Waals surface area contributed by atoms with Crippen molar-refractivity contribution in [2.24, 2.45) is 0 Å². The van der Waals surface area contributed by atoms with Crippen LogP contribution in [0.15, 0.2) is 176 Å². The molecule has 0 saturated carbocycles. The Kier molecular flexibility index (Phi) is 7.50. The topological polar surface area (TPSA) is 8.17 Å². The van der Waals surface area contributed by atoms with Crippen molar-refractivity contribution in [2.75, 3.05) is 4.90 Å². The molecule has 8 aromatic carbocycles. The molecule has 0 N–H and O–H groups in total. The van der Waals surface area contributed by atoms with E-state index in [1.165, 1.54) is 84.5 Å². The Morgan fingerprint density at radius 3 is 1.57 bits per heavy atom. The second-order valence-corrected chi connectivity index (χ2v) is 18.0. The number of nitrogens with zero attached hydrogens (tertiary/aromatic N) is 2. The third-order valence-corrected chi connectivity index (χ3v) is 13.6. The van der Waals surface area contributed by atoms with Gasteiger partial charge in [-0.1, -0.05) is 99.6 Å². The highest BCUT2D eigenvalue weighted by atomic mass is 32.1. The van der Waals surface area contributed by atoms with Gasteiger partial charge in [0.1, 0.15) is 0 Å². The lowest BCUT2D eigenvalue weighted by atomic mass is 9.86. The van der Waals surface area contributed by atoms with Gasteiger partial charge in [-0.3, -0.25) is 0 Å². The van der Waals surface area contributed by atoms with Crippen molar-refractivity contribution in [3.63, 3.8) is 0 Å². The van der Waals surface area contributed by atoms with Crippen LogP contribution in [-0.2, 0) is 5.41 Å². The van der Waals surface area contributed by atoms with Gasteiger partial charge in [0.15, 0.2) is 0 Å².